The van der Waals surface area contributed by atoms with E-state index in [1.165, 1.54) is 23.9 Å². The lowest BCUT2D eigenvalue weighted by Crippen LogP contribution is -2.17. The number of nitrogens with zero attached hydrogens (tertiary/aromatic N) is 3. The molecule has 2 aromatic carbocycles. The van der Waals surface area contributed by atoms with E-state index < -0.39 is 6.36 Å². The van der Waals surface area contributed by atoms with E-state index in [2.05, 4.69) is 20.3 Å². The van der Waals surface area contributed by atoms with Crippen molar-refractivity contribution in [1.82, 2.24) is 14.8 Å². The van der Waals surface area contributed by atoms with Gasteiger partial charge in [0.2, 0.25) is 5.91 Å². The zero-order chi connectivity index (χ0) is 20.1. The number of halogens is 3. The lowest BCUT2D eigenvalue weighted by Gasteiger charge is -2.10. The highest BCUT2D eigenvalue weighted by atomic mass is 32.2. The molecular weight excluding hydrogens is 393 g/mol. The van der Waals surface area contributed by atoms with Gasteiger partial charge in [0.15, 0.2) is 5.16 Å². The first-order valence-corrected chi connectivity index (χ1v) is 9.05. The number of amides is 1. The third kappa shape index (κ3) is 5.26. The Morgan fingerprint density at radius 2 is 1.89 bits per heavy atom. The number of alkyl halides is 3. The Hall–Kier alpha value is -3.01. The first kappa shape index (κ1) is 19.7. The first-order valence-electron chi connectivity index (χ1n) is 8.06. The summed E-state index contributed by atoms with van der Waals surface area (Å²) < 4.78 is 42.1. The van der Waals surface area contributed by atoms with Crippen molar-refractivity contribution in [1.29, 1.82) is 0 Å². The summed E-state index contributed by atoms with van der Waals surface area (Å²) in [7, 11) is 0. The van der Waals surface area contributed by atoms with Crippen molar-refractivity contribution < 1.29 is 22.7 Å². The predicted molar refractivity (Wildman–Crippen MR) is 98.6 cm³/mol. The van der Waals surface area contributed by atoms with Gasteiger partial charge in [-0.05, 0) is 42.8 Å². The number of nitrogens with one attached hydrogen (secondary N) is 1. The minimum atomic E-state index is -4.76. The predicted octanol–water partition coefficient (Wildman–Crippen LogP) is 4.21. The minimum Gasteiger partial charge on any atom is -0.406 e. The standard InChI is InChI=1S/C18H15F3N4O2S/c1-12-4-2-3-5-15(12)25-11-22-24-17(25)28-10-16(26)23-13-6-8-14(9-7-13)27-18(19,20)21/h2-9,11H,10H2,1H3,(H,23,26). The number of aromatic nitrogens is 3. The molecule has 3 rings (SSSR count). The van der Waals surface area contributed by atoms with Crippen LogP contribution in [-0.2, 0) is 4.79 Å². The average molecular weight is 408 g/mol. The van der Waals surface area contributed by atoms with Crippen LogP contribution >= 0.6 is 11.8 Å². The summed E-state index contributed by atoms with van der Waals surface area (Å²) in [6.07, 6.45) is -3.18. The molecule has 0 spiro atoms. The van der Waals surface area contributed by atoms with E-state index in [-0.39, 0.29) is 17.4 Å². The number of aryl methyl sites for hydroxylation is 1. The van der Waals surface area contributed by atoms with Crippen LogP contribution in [0.4, 0.5) is 18.9 Å². The fourth-order valence-corrected chi connectivity index (χ4v) is 3.11. The molecule has 146 valence electrons. The molecule has 0 atom stereocenters. The molecule has 28 heavy (non-hydrogen) atoms. The number of carbonyl (C=O) groups is 1. The van der Waals surface area contributed by atoms with E-state index >= 15 is 0 Å². The third-order valence-electron chi connectivity index (χ3n) is 3.60. The molecular formula is C18H15F3N4O2S. The van der Waals surface area contributed by atoms with E-state index in [1.807, 2.05) is 31.2 Å². The van der Waals surface area contributed by atoms with Gasteiger partial charge in [0.05, 0.1) is 11.4 Å². The molecule has 0 saturated carbocycles. The van der Waals surface area contributed by atoms with Crippen molar-refractivity contribution in [2.75, 3.05) is 11.1 Å². The Labute approximate surface area is 162 Å². The first-order chi connectivity index (χ1) is 13.3. The summed E-state index contributed by atoms with van der Waals surface area (Å²) in [5.74, 6) is -0.620. The Balaban J connectivity index is 1.59. The van der Waals surface area contributed by atoms with E-state index in [9.17, 15) is 18.0 Å². The molecule has 3 aromatic rings. The van der Waals surface area contributed by atoms with Gasteiger partial charge in [-0.3, -0.25) is 9.36 Å². The number of para-hydroxylation sites is 1. The maximum absolute atomic E-state index is 12.2. The van der Waals surface area contributed by atoms with Gasteiger partial charge >= 0.3 is 6.36 Å². The van der Waals surface area contributed by atoms with E-state index in [4.69, 9.17) is 0 Å². The maximum atomic E-state index is 12.2. The van der Waals surface area contributed by atoms with Crippen molar-refractivity contribution >= 4 is 23.4 Å². The van der Waals surface area contributed by atoms with Crippen LogP contribution in [0.1, 0.15) is 5.56 Å². The second kappa shape index (κ2) is 8.34. The number of thioether (sulfide) groups is 1. The second-order valence-corrected chi connectivity index (χ2v) is 6.62. The lowest BCUT2D eigenvalue weighted by molar-refractivity contribution is -0.274. The third-order valence-corrected chi connectivity index (χ3v) is 4.54. The topological polar surface area (TPSA) is 69.0 Å². The fourth-order valence-electron chi connectivity index (χ4n) is 2.39. The van der Waals surface area contributed by atoms with Crippen LogP contribution in [0.3, 0.4) is 0 Å². The van der Waals surface area contributed by atoms with Gasteiger partial charge in [0, 0.05) is 5.69 Å². The van der Waals surface area contributed by atoms with Crippen molar-refractivity contribution in [3.05, 3.63) is 60.4 Å². The Bertz CT molecular complexity index is 958. The molecule has 6 nitrogen and oxygen atoms in total. The SMILES string of the molecule is Cc1ccccc1-n1cnnc1SCC(=O)Nc1ccc(OC(F)(F)F)cc1. The average Bonchev–Trinajstić information content (AvgIpc) is 3.09. The molecule has 0 aliphatic heterocycles. The summed E-state index contributed by atoms with van der Waals surface area (Å²) >= 11 is 1.20. The molecule has 1 amide bonds. The van der Waals surface area contributed by atoms with Crippen LogP contribution in [-0.4, -0.2) is 32.8 Å². The quantitative estimate of drug-likeness (QED) is 0.619. The number of hydrogen-bond acceptors (Lipinski definition) is 5. The zero-order valence-corrected chi connectivity index (χ0v) is 15.4. The highest BCUT2D eigenvalue weighted by molar-refractivity contribution is 7.99. The molecule has 10 heteroatoms. The number of ether oxygens (including phenoxy) is 1. The van der Waals surface area contributed by atoms with Gasteiger partial charge in [-0.15, -0.1) is 23.4 Å². The van der Waals surface area contributed by atoms with E-state index in [1.54, 1.807) is 10.9 Å². The van der Waals surface area contributed by atoms with Crippen molar-refractivity contribution in [2.24, 2.45) is 0 Å². The second-order valence-electron chi connectivity index (χ2n) is 5.68. The van der Waals surface area contributed by atoms with Crippen LogP contribution in [0.2, 0.25) is 0 Å². The molecule has 1 N–H and O–H groups in total. The van der Waals surface area contributed by atoms with Crippen LogP contribution < -0.4 is 10.1 Å². The molecule has 1 heterocycles. The summed E-state index contributed by atoms with van der Waals surface area (Å²) in [5.41, 5.74) is 2.31. The molecule has 1 aromatic heterocycles. The molecule has 0 radical (unpaired) electrons. The number of rotatable bonds is 6. The highest BCUT2D eigenvalue weighted by Gasteiger charge is 2.30. The number of carbonyl (C=O) groups excluding carboxylic acids is 1. The van der Waals surface area contributed by atoms with E-state index in [0.717, 1.165) is 23.4 Å². The van der Waals surface area contributed by atoms with Gasteiger partial charge in [-0.2, -0.15) is 0 Å². The monoisotopic (exact) mass is 408 g/mol. The Morgan fingerprint density at radius 3 is 2.57 bits per heavy atom. The number of hydrogen-bond donors (Lipinski definition) is 1. The summed E-state index contributed by atoms with van der Waals surface area (Å²) in [5, 5.41) is 11.1. The highest BCUT2D eigenvalue weighted by Crippen LogP contribution is 2.25. The maximum Gasteiger partial charge on any atom is 0.573 e. The van der Waals surface area contributed by atoms with Gasteiger partial charge < -0.3 is 10.1 Å². The normalized spacial score (nSPS) is 11.3. The van der Waals surface area contributed by atoms with Gasteiger partial charge in [-0.25, -0.2) is 0 Å². The van der Waals surface area contributed by atoms with Crippen molar-refractivity contribution in [3.63, 3.8) is 0 Å². The molecule has 0 fully saturated rings. The number of benzene rings is 2. The lowest BCUT2D eigenvalue weighted by atomic mass is 10.2. The Morgan fingerprint density at radius 1 is 1.18 bits per heavy atom. The molecule has 0 unspecified atom stereocenters. The summed E-state index contributed by atoms with van der Waals surface area (Å²) in [6.45, 7) is 1.96. The Kier molecular flexibility index (Phi) is 5.88. The van der Waals surface area contributed by atoms with Crippen LogP contribution in [0.25, 0.3) is 5.69 Å². The van der Waals surface area contributed by atoms with Crippen LogP contribution in [0, 0.1) is 6.92 Å². The molecule has 0 aliphatic rings. The van der Waals surface area contributed by atoms with Gasteiger partial charge in [-0.1, -0.05) is 30.0 Å². The van der Waals surface area contributed by atoms with E-state index in [0.29, 0.717) is 10.8 Å². The van der Waals surface area contributed by atoms with Crippen LogP contribution in [0.15, 0.2) is 60.0 Å². The minimum absolute atomic E-state index is 0.0609. The largest absolute Gasteiger partial charge is 0.573 e. The van der Waals surface area contributed by atoms with Gasteiger partial charge in [0.1, 0.15) is 12.1 Å². The molecule has 0 bridgehead atoms. The summed E-state index contributed by atoms with van der Waals surface area (Å²) in [6, 6.07) is 12.6. The smallest absolute Gasteiger partial charge is 0.406 e. The number of anilines is 1. The van der Waals surface area contributed by atoms with Gasteiger partial charge in [0.25, 0.3) is 0 Å². The molecule has 0 aliphatic carbocycles. The summed E-state index contributed by atoms with van der Waals surface area (Å²) in [4.78, 5) is 12.1. The van der Waals surface area contributed by atoms with Crippen molar-refractivity contribution in [2.45, 2.75) is 18.4 Å². The molecule has 0 saturated heterocycles. The van der Waals surface area contributed by atoms with Crippen molar-refractivity contribution in [3.8, 4) is 11.4 Å². The zero-order valence-electron chi connectivity index (χ0n) is 14.6. The van der Waals surface area contributed by atoms with Crippen LogP contribution in [0.5, 0.6) is 5.75 Å². The fraction of sp³-hybridized carbons (Fsp3) is 0.167.